The average molecular weight is 290 g/mol. The largest absolute Gasteiger partial charge is 0.399 e. The van der Waals surface area contributed by atoms with Gasteiger partial charge < -0.3 is 5.73 Å². The quantitative estimate of drug-likeness (QED) is 0.469. The van der Waals surface area contributed by atoms with Gasteiger partial charge in [0.15, 0.2) is 0 Å². The van der Waals surface area contributed by atoms with Crippen molar-refractivity contribution < 1.29 is 13.3 Å². The molecule has 0 saturated heterocycles. The van der Waals surface area contributed by atoms with Crippen LogP contribution in [0.5, 0.6) is 0 Å². The molecule has 18 heavy (non-hydrogen) atoms. The summed E-state index contributed by atoms with van der Waals surface area (Å²) in [5, 5.41) is 0. The van der Waals surface area contributed by atoms with Crippen LogP contribution in [0.2, 0.25) is 0 Å². The van der Waals surface area contributed by atoms with Crippen molar-refractivity contribution in [3.63, 3.8) is 0 Å². The molecular weight excluding hydrogens is 272 g/mol. The molecule has 1 aromatic rings. The second-order valence-corrected chi connectivity index (χ2v) is 6.68. The van der Waals surface area contributed by atoms with Crippen molar-refractivity contribution in [3.8, 4) is 0 Å². The lowest BCUT2D eigenvalue weighted by Crippen LogP contribution is -2.32. The molecule has 0 bridgehead atoms. The molecule has 1 aromatic carbocycles. The van der Waals surface area contributed by atoms with Crippen LogP contribution in [0.15, 0.2) is 29.2 Å². The van der Waals surface area contributed by atoms with Crippen LogP contribution in [0.4, 0.5) is 5.69 Å². The molecule has 102 valence electrons. The third-order valence-corrected chi connectivity index (χ3v) is 5.28. The van der Waals surface area contributed by atoms with E-state index in [0.717, 1.165) is 9.36 Å². The Morgan fingerprint density at radius 3 is 2.44 bits per heavy atom. The number of rotatable bonds is 7. The SMILES string of the molecule is CCN(OC)S(=O)(=O)CCSc1ccc(N)cc1. The van der Waals surface area contributed by atoms with Crippen LogP contribution < -0.4 is 5.73 Å². The lowest BCUT2D eigenvalue weighted by molar-refractivity contribution is -0.0440. The fraction of sp³-hybridized carbons (Fsp3) is 0.455. The zero-order valence-electron chi connectivity index (χ0n) is 10.5. The van der Waals surface area contributed by atoms with Crippen molar-refractivity contribution in [1.82, 2.24) is 4.47 Å². The first-order valence-corrected chi connectivity index (χ1v) is 8.12. The van der Waals surface area contributed by atoms with E-state index in [9.17, 15) is 8.42 Å². The number of benzene rings is 1. The third-order valence-electron chi connectivity index (χ3n) is 2.26. The number of hydrogen-bond acceptors (Lipinski definition) is 5. The third kappa shape index (κ3) is 4.49. The maximum Gasteiger partial charge on any atom is 0.236 e. The normalized spacial score (nSPS) is 11.9. The summed E-state index contributed by atoms with van der Waals surface area (Å²) in [6.07, 6.45) is 0. The lowest BCUT2D eigenvalue weighted by atomic mass is 10.3. The summed E-state index contributed by atoms with van der Waals surface area (Å²) in [5.74, 6) is 0.524. The fourth-order valence-corrected chi connectivity index (χ4v) is 3.93. The van der Waals surface area contributed by atoms with Crippen LogP contribution in [0.25, 0.3) is 0 Å². The van der Waals surface area contributed by atoms with Gasteiger partial charge in [-0.1, -0.05) is 4.47 Å². The Morgan fingerprint density at radius 1 is 1.33 bits per heavy atom. The molecule has 7 heteroatoms. The van der Waals surface area contributed by atoms with Gasteiger partial charge >= 0.3 is 0 Å². The first kappa shape index (κ1) is 15.3. The summed E-state index contributed by atoms with van der Waals surface area (Å²) < 4.78 is 24.6. The predicted octanol–water partition coefficient (Wildman–Crippen LogP) is 1.57. The van der Waals surface area contributed by atoms with E-state index in [1.807, 2.05) is 12.1 Å². The number of nitrogen functional groups attached to an aromatic ring is 1. The van der Waals surface area contributed by atoms with Gasteiger partial charge in [0.1, 0.15) is 0 Å². The van der Waals surface area contributed by atoms with E-state index in [-0.39, 0.29) is 5.75 Å². The minimum Gasteiger partial charge on any atom is -0.399 e. The van der Waals surface area contributed by atoms with E-state index in [0.29, 0.717) is 18.0 Å². The van der Waals surface area contributed by atoms with Crippen molar-refractivity contribution in [3.05, 3.63) is 24.3 Å². The zero-order chi connectivity index (χ0) is 13.6. The highest BCUT2D eigenvalue weighted by Gasteiger charge is 2.19. The van der Waals surface area contributed by atoms with Crippen molar-refractivity contribution in [2.45, 2.75) is 11.8 Å². The molecule has 0 aliphatic heterocycles. The Bertz CT molecular complexity index is 456. The summed E-state index contributed by atoms with van der Waals surface area (Å²) in [6, 6.07) is 7.34. The lowest BCUT2D eigenvalue weighted by Gasteiger charge is -2.17. The van der Waals surface area contributed by atoms with Gasteiger partial charge in [0.05, 0.1) is 12.9 Å². The first-order chi connectivity index (χ1) is 8.49. The Morgan fingerprint density at radius 2 is 1.94 bits per heavy atom. The van der Waals surface area contributed by atoms with Crippen molar-refractivity contribution in [1.29, 1.82) is 0 Å². The molecule has 0 heterocycles. The van der Waals surface area contributed by atoms with Gasteiger partial charge in [-0.2, -0.15) is 0 Å². The average Bonchev–Trinajstić information content (AvgIpc) is 2.32. The van der Waals surface area contributed by atoms with E-state index < -0.39 is 10.0 Å². The van der Waals surface area contributed by atoms with Gasteiger partial charge in [-0.3, -0.25) is 4.84 Å². The molecule has 5 nitrogen and oxygen atoms in total. The standard InChI is InChI=1S/C11H18N2O3S2/c1-3-13(16-2)18(14,15)9-8-17-11-6-4-10(12)5-7-11/h4-7H,3,8-9,12H2,1-2H3. The molecule has 0 aliphatic rings. The molecule has 0 atom stereocenters. The van der Waals surface area contributed by atoms with Crippen LogP contribution in [0, 0.1) is 0 Å². The summed E-state index contributed by atoms with van der Waals surface area (Å²) in [6.45, 7) is 2.04. The summed E-state index contributed by atoms with van der Waals surface area (Å²) in [4.78, 5) is 5.80. The second kappa shape index (κ2) is 6.98. The second-order valence-electron chi connectivity index (χ2n) is 3.54. The van der Waals surface area contributed by atoms with E-state index in [1.165, 1.54) is 18.9 Å². The number of anilines is 1. The van der Waals surface area contributed by atoms with Crippen molar-refractivity contribution in [2.24, 2.45) is 0 Å². The molecule has 0 amide bonds. The predicted molar refractivity (Wildman–Crippen MR) is 74.8 cm³/mol. The molecule has 0 unspecified atom stereocenters. The van der Waals surface area contributed by atoms with Gasteiger partial charge in [0.25, 0.3) is 0 Å². The maximum absolute atomic E-state index is 11.8. The number of thioether (sulfide) groups is 1. The molecule has 0 saturated carbocycles. The Labute approximate surface area is 112 Å². The summed E-state index contributed by atoms with van der Waals surface area (Å²) in [7, 11) is -1.98. The van der Waals surface area contributed by atoms with Gasteiger partial charge in [-0.15, -0.1) is 11.8 Å². The van der Waals surface area contributed by atoms with E-state index >= 15 is 0 Å². The summed E-state index contributed by atoms with van der Waals surface area (Å²) in [5.41, 5.74) is 6.27. The highest BCUT2D eigenvalue weighted by atomic mass is 32.2. The van der Waals surface area contributed by atoms with Gasteiger partial charge in [-0.05, 0) is 31.2 Å². The Hall–Kier alpha value is -0.760. The van der Waals surface area contributed by atoms with Crippen molar-refractivity contribution in [2.75, 3.05) is 30.9 Å². The number of hydroxylamine groups is 1. The van der Waals surface area contributed by atoms with Crippen LogP contribution in [-0.2, 0) is 14.9 Å². The monoisotopic (exact) mass is 290 g/mol. The first-order valence-electron chi connectivity index (χ1n) is 5.52. The fourth-order valence-electron chi connectivity index (χ4n) is 1.37. The Balaban J connectivity index is 2.48. The maximum atomic E-state index is 11.8. The zero-order valence-corrected chi connectivity index (χ0v) is 12.1. The molecule has 0 fully saturated rings. The summed E-state index contributed by atoms with van der Waals surface area (Å²) >= 11 is 1.48. The number of nitrogens with zero attached hydrogens (tertiary/aromatic N) is 1. The van der Waals surface area contributed by atoms with Crippen molar-refractivity contribution >= 4 is 27.5 Å². The number of sulfonamides is 1. The van der Waals surface area contributed by atoms with Gasteiger partial charge in [0, 0.05) is 22.9 Å². The minimum absolute atomic E-state index is 0.0454. The van der Waals surface area contributed by atoms with Crippen LogP contribution >= 0.6 is 11.8 Å². The topological polar surface area (TPSA) is 72.6 Å². The number of hydrogen-bond donors (Lipinski definition) is 1. The molecule has 0 radical (unpaired) electrons. The molecule has 0 aromatic heterocycles. The van der Waals surface area contributed by atoms with E-state index in [2.05, 4.69) is 0 Å². The minimum atomic E-state index is -3.34. The molecule has 1 rings (SSSR count). The van der Waals surface area contributed by atoms with Crippen LogP contribution in [0.1, 0.15) is 6.92 Å². The highest BCUT2D eigenvalue weighted by molar-refractivity contribution is 8.00. The molecule has 0 spiro atoms. The highest BCUT2D eigenvalue weighted by Crippen LogP contribution is 2.19. The molecular formula is C11H18N2O3S2. The molecule has 0 aliphatic carbocycles. The smallest absolute Gasteiger partial charge is 0.236 e. The Kier molecular flexibility index (Phi) is 5.94. The molecule has 2 N–H and O–H groups in total. The van der Waals surface area contributed by atoms with Gasteiger partial charge in [0.2, 0.25) is 10.0 Å². The van der Waals surface area contributed by atoms with Gasteiger partial charge in [-0.25, -0.2) is 8.42 Å². The van der Waals surface area contributed by atoms with E-state index in [4.69, 9.17) is 10.6 Å². The number of nitrogens with two attached hydrogens (primary N) is 1. The van der Waals surface area contributed by atoms with Crippen LogP contribution in [0.3, 0.4) is 0 Å². The van der Waals surface area contributed by atoms with E-state index in [1.54, 1.807) is 19.1 Å². The van der Waals surface area contributed by atoms with Crippen LogP contribution in [-0.4, -0.2) is 38.0 Å².